The first-order valence-electron chi connectivity index (χ1n) is 7.65. The van der Waals surface area contributed by atoms with Gasteiger partial charge < -0.3 is 9.47 Å². The van der Waals surface area contributed by atoms with Gasteiger partial charge in [-0.3, -0.25) is 0 Å². The summed E-state index contributed by atoms with van der Waals surface area (Å²) in [5, 5.41) is 0. The summed E-state index contributed by atoms with van der Waals surface area (Å²) in [5.41, 5.74) is 2.41. The van der Waals surface area contributed by atoms with Gasteiger partial charge in [0, 0.05) is 0 Å². The van der Waals surface area contributed by atoms with Gasteiger partial charge in [0.2, 0.25) is 0 Å². The summed E-state index contributed by atoms with van der Waals surface area (Å²) in [7, 11) is 1.40. The first-order valence-corrected chi connectivity index (χ1v) is 7.65. The Morgan fingerprint density at radius 3 is 2.43 bits per heavy atom. The number of hydrogen-bond donors (Lipinski definition) is 0. The van der Waals surface area contributed by atoms with Crippen LogP contribution in [-0.4, -0.2) is 19.2 Å². The molecule has 21 heavy (non-hydrogen) atoms. The van der Waals surface area contributed by atoms with Gasteiger partial charge in [-0.25, -0.2) is 4.79 Å². The lowest BCUT2D eigenvalue weighted by Gasteiger charge is -2.22. The number of hydrogen-bond acceptors (Lipinski definition) is 3. The lowest BCUT2D eigenvalue weighted by molar-refractivity contribution is -0.149. The molecule has 0 aliphatic rings. The fourth-order valence-corrected chi connectivity index (χ4v) is 2.15. The van der Waals surface area contributed by atoms with E-state index < -0.39 is 6.10 Å². The van der Waals surface area contributed by atoms with Crippen LogP contribution in [0.2, 0.25) is 0 Å². The van der Waals surface area contributed by atoms with Gasteiger partial charge in [-0.05, 0) is 42.4 Å². The quantitative estimate of drug-likeness (QED) is 0.729. The SMILES string of the molecule is CCCCC(Oc1ccc(C(C)(C)C)cc1C)C(=O)OC. The molecule has 1 unspecified atom stereocenters. The van der Waals surface area contributed by atoms with E-state index in [-0.39, 0.29) is 11.4 Å². The molecule has 1 rings (SSSR count). The highest BCUT2D eigenvalue weighted by atomic mass is 16.6. The van der Waals surface area contributed by atoms with Gasteiger partial charge in [-0.15, -0.1) is 0 Å². The third-order valence-corrected chi connectivity index (χ3v) is 3.59. The standard InChI is InChI=1S/C18H28O3/c1-7-8-9-16(17(19)20-6)21-15-11-10-14(12-13(15)2)18(3,4)5/h10-12,16H,7-9H2,1-6H3. The molecule has 0 amide bonds. The van der Waals surface area contributed by atoms with Gasteiger partial charge in [0.25, 0.3) is 0 Å². The van der Waals surface area contributed by atoms with Gasteiger partial charge in [0.15, 0.2) is 6.10 Å². The zero-order valence-corrected chi connectivity index (χ0v) is 14.2. The Hall–Kier alpha value is -1.51. The van der Waals surface area contributed by atoms with Crippen molar-refractivity contribution in [3.05, 3.63) is 29.3 Å². The fraction of sp³-hybridized carbons (Fsp3) is 0.611. The molecule has 0 saturated carbocycles. The molecule has 3 nitrogen and oxygen atoms in total. The Kier molecular flexibility index (Phi) is 6.25. The molecule has 0 aliphatic carbocycles. The monoisotopic (exact) mass is 292 g/mol. The summed E-state index contributed by atoms with van der Waals surface area (Å²) in [6.45, 7) is 10.7. The Labute approximate surface area is 128 Å². The molecule has 0 aliphatic heterocycles. The van der Waals surface area contributed by atoms with Crippen LogP contribution in [0.15, 0.2) is 18.2 Å². The first kappa shape index (κ1) is 17.5. The zero-order chi connectivity index (χ0) is 16.0. The molecule has 0 fully saturated rings. The molecule has 3 heteroatoms. The van der Waals surface area contributed by atoms with Crippen LogP contribution in [-0.2, 0) is 14.9 Å². The maximum atomic E-state index is 11.8. The van der Waals surface area contributed by atoms with E-state index in [1.165, 1.54) is 12.7 Å². The van der Waals surface area contributed by atoms with Gasteiger partial charge in [0.1, 0.15) is 5.75 Å². The third kappa shape index (κ3) is 5.07. The van der Waals surface area contributed by atoms with Crippen molar-refractivity contribution in [3.8, 4) is 5.75 Å². The summed E-state index contributed by atoms with van der Waals surface area (Å²) in [4.78, 5) is 11.8. The van der Waals surface area contributed by atoms with E-state index in [1.807, 2.05) is 13.0 Å². The Bertz CT molecular complexity index is 472. The van der Waals surface area contributed by atoms with Crippen LogP contribution >= 0.6 is 0 Å². The molecular weight excluding hydrogens is 264 g/mol. The van der Waals surface area contributed by atoms with Crippen molar-refractivity contribution in [2.75, 3.05) is 7.11 Å². The van der Waals surface area contributed by atoms with E-state index in [0.717, 1.165) is 24.2 Å². The van der Waals surface area contributed by atoms with Crippen LogP contribution in [0.25, 0.3) is 0 Å². The molecule has 0 radical (unpaired) electrons. The van der Waals surface area contributed by atoms with E-state index in [2.05, 4.69) is 39.8 Å². The van der Waals surface area contributed by atoms with E-state index >= 15 is 0 Å². The number of rotatable bonds is 6. The summed E-state index contributed by atoms with van der Waals surface area (Å²) < 4.78 is 10.7. The lowest BCUT2D eigenvalue weighted by atomic mass is 9.86. The maximum absolute atomic E-state index is 11.8. The molecule has 1 aromatic rings. The average molecular weight is 292 g/mol. The number of carbonyl (C=O) groups is 1. The molecule has 0 aromatic heterocycles. The molecule has 0 bridgehead atoms. The lowest BCUT2D eigenvalue weighted by Crippen LogP contribution is -2.28. The highest BCUT2D eigenvalue weighted by Gasteiger charge is 2.22. The second kappa shape index (κ2) is 7.48. The maximum Gasteiger partial charge on any atom is 0.347 e. The number of unbranched alkanes of at least 4 members (excludes halogenated alkanes) is 1. The smallest absolute Gasteiger partial charge is 0.347 e. The van der Waals surface area contributed by atoms with Gasteiger partial charge in [0.05, 0.1) is 7.11 Å². The Balaban J connectivity index is 2.91. The van der Waals surface area contributed by atoms with Crippen LogP contribution < -0.4 is 4.74 Å². The third-order valence-electron chi connectivity index (χ3n) is 3.59. The molecule has 0 saturated heterocycles. The van der Waals surface area contributed by atoms with Crippen LogP contribution in [0, 0.1) is 6.92 Å². The minimum absolute atomic E-state index is 0.104. The summed E-state index contributed by atoms with van der Waals surface area (Å²) in [6, 6.07) is 6.15. The largest absolute Gasteiger partial charge is 0.478 e. The van der Waals surface area contributed by atoms with Crippen LogP contribution in [0.5, 0.6) is 5.75 Å². The number of esters is 1. The van der Waals surface area contributed by atoms with E-state index in [0.29, 0.717) is 6.42 Å². The van der Waals surface area contributed by atoms with Crippen molar-refractivity contribution in [1.29, 1.82) is 0 Å². The van der Waals surface area contributed by atoms with Crippen molar-refractivity contribution in [1.82, 2.24) is 0 Å². The molecule has 0 N–H and O–H groups in total. The number of carbonyl (C=O) groups excluding carboxylic acids is 1. The van der Waals surface area contributed by atoms with Crippen LogP contribution in [0.4, 0.5) is 0 Å². The number of methoxy groups -OCH3 is 1. The highest BCUT2D eigenvalue weighted by molar-refractivity contribution is 5.75. The number of benzene rings is 1. The second-order valence-electron chi connectivity index (χ2n) is 6.50. The van der Waals surface area contributed by atoms with Gasteiger partial charge >= 0.3 is 5.97 Å². The number of ether oxygens (including phenoxy) is 2. The minimum Gasteiger partial charge on any atom is -0.478 e. The minimum atomic E-state index is -0.519. The predicted molar refractivity (Wildman–Crippen MR) is 85.8 cm³/mol. The summed E-state index contributed by atoms with van der Waals surface area (Å²) in [6.07, 6.45) is 2.13. The molecule has 1 atom stereocenters. The van der Waals surface area contributed by atoms with Crippen molar-refractivity contribution in [3.63, 3.8) is 0 Å². The fourth-order valence-electron chi connectivity index (χ4n) is 2.15. The molecule has 0 heterocycles. The second-order valence-corrected chi connectivity index (χ2v) is 6.50. The van der Waals surface area contributed by atoms with Crippen molar-refractivity contribution >= 4 is 5.97 Å². The molecule has 0 spiro atoms. The molecule has 1 aromatic carbocycles. The van der Waals surface area contributed by atoms with Gasteiger partial charge in [-0.2, -0.15) is 0 Å². The predicted octanol–water partition coefficient (Wildman–Crippen LogP) is 4.40. The van der Waals surface area contributed by atoms with Gasteiger partial charge in [-0.1, -0.05) is 46.2 Å². The highest BCUT2D eigenvalue weighted by Crippen LogP contribution is 2.28. The Morgan fingerprint density at radius 1 is 1.29 bits per heavy atom. The van der Waals surface area contributed by atoms with E-state index in [9.17, 15) is 4.79 Å². The molecule has 118 valence electrons. The summed E-state index contributed by atoms with van der Waals surface area (Å²) >= 11 is 0. The first-order chi connectivity index (χ1) is 9.79. The van der Waals surface area contributed by atoms with E-state index in [4.69, 9.17) is 9.47 Å². The number of aryl methyl sites for hydroxylation is 1. The summed E-state index contributed by atoms with van der Waals surface area (Å²) in [5.74, 6) is 0.456. The normalized spacial score (nSPS) is 12.9. The zero-order valence-electron chi connectivity index (χ0n) is 14.2. The van der Waals surface area contributed by atoms with Crippen molar-refractivity contribution < 1.29 is 14.3 Å². The topological polar surface area (TPSA) is 35.5 Å². The van der Waals surface area contributed by atoms with Crippen LogP contribution in [0.3, 0.4) is 0 Å². The van der Waals surface area contributed by atoms with Crippen LogP contribution in [0.1, 0.15) is 58.1 Å². The van der Waals surface area contributed by atoms with Crippen molar-refractivity contribution in [2.24, 2.45) is 0 Å². The van der Waals surface area contributed by atoms with Crippen molar-refractivity contribution in [2.45, 2.75) is 65.4 Å². The Morgan fingerprint density at radius 2 is 1.95 bits per heavy atom. The average Bonchev–Trinajstić information content (AvgIpc) is 2.43. The van der Waals surface area contributed by atoms with E-state index in [1.54, 1.807) is 0 Å². The molecular formula is C18H28O3.